The van der Waals surface area contributed by atoms with Crippen molar-refractivity contribution in [2.24, 2.45) is 5.92 Å². The van der Waals surface area contributed by atoms with Crippen molar-refractivity contribution < 1.29 is 19.1 Å². The summed E-state index contributed by atoms with van der Waals surface area (Å²) < 4.78 is 10.9. The lowest BCUT2D eigenvalue weighted by molar-refractivity contribution is -0.163. The zero-order valence-electron chi connectivity index (χ0n) is 14.6. The van der Waals surface area contributed by atoms with Gasteiger partial charge in [0, 0.05) is 12.3 Å². The van der Waals surface area contributed by atoms with Crippen LogP contribution in [0.25, 0.3) is 0 Å². The maximum atomic E-state index is 13.3. The molecule has 0 N–H and O–H groups in total. The van der Waals surface area contributed by atoms with Gasteiger partial charge < -0.3 is 14.4 Å². The highest BCUT2D eigenvalue weighted by Crippen LogP contribution is 2.44. The molecule has 2 aromatic carbocycles. The molecule has 5 heteroatoms. The standard InChI is InChI=1S/C21H21NO4/c1-25-21(24)19-16(14-8-4-2-5-9-14)12-18-22(20(19)23)17(13-26-18)15-10-6-3-7-11-15/h2-11,16-19H,12-13H2,1H3/t16-,17+,18+,19-/m1/s1. The first kappa shape index (κ1) is 16.8. The fourth-order valence-electron chi connectivity index (χ4n) is 4.08. The normalized spacial score (nSPS) is 27.9. The number of piperidine rings is 1. The summed E-state index contributed by atoms with van der Waals surface area (Å²) in [5, 5.41) is 0. The fourth-order valence-corrected chi connectivity index (χ4v) is 4.08. The average Bonchev–Trinajstić information content (AvgIpc) is 3.13. The van der Waals surface area contributed by atoms with Crippen LogP contribution in [0.1, 0.15) is 29.5 Å². The summed E-state index contributed by atoms with van der Waals surface area (Å²) in [5.41, 5.74) is 1.98. The first-order chi connectivity index (χ1) is 12.7. The van der Waals surface area contributed by atoms with Crippen molar-refractivity contribution in [3.05, 3.63) is 71.8 Å². The molecular formula is C21H21NO4. The number of hydrogen-bond acceptors (Lipinski definition) is 4. The second-order valence-electron chi connectivity index (χ2n) is 6.71. The minimum atomic E-state index is -0.841. The topological polar surface area (TPSA) is 55.8 Å². The number of carbonyl (C=O) groups is 2. The summed E-state index contributed by atoms with van der Waals surface area (Å²) in [5.74, 6) is -1.78. The van der Waals surface area contributed by atoms with E-state index in [4.69, 9.17) is 9.47 Å². The van der Waals surface area contributed by atoms with Gasteiger partial charge in [-0.15, -0.1) is 0 Å². The van der Waals surface area contributed by atoms with Gasteiger partial charge in [0.1, 0.15) is 12.1 Å². The molecular weight excluding hydrogens is 330 g/mol. The predicted molar refractivity (Wildman–Crippen MR) is 95.1 cm³/mol. The van der Waals surface area contributed by atoms with Gasteiger partial charge in [-0.3, -0.25) is 9.59 Å². The van der Waals surface area contributed by atoms with E-state index < -0.39 is 11.9 Å². The Balaban J connectivity index is 1.70. The van der Waals surface area contributed by atoms with Crippen molar-refractivity contribution in [1.29, 1.82) is 0 Å². The highest BCUT2D eigenvalue weighted by atomic mass is 16.5. The van der Waals surface area contributed by atoms with Crippen molar-refractivity contribution in [3.63, 3.8) is 0 Å². The third-order valence-electron chi connectivity index (χ3n) is 5.34. The van der Waals surface area contributed by atoms with E-state index in [0.717, 1.165) is 11.1 Å². The van der Waals surface area contributed by atoms with Crippen molar-refractivity contribution in [3.8, 4) is 0 Å². The van der Waals surface area contributed by atoms with Crippen LogP contribution in [-0.4, -0.2) is 36.7 Å². The molecule has 2 heterocycles. The lowest BCUT2D eigenvalue weighted by atomic mass is 9.78. The van der Waals surface area contributed by atoms with E-state index in [-0.39, 0.29) is 24.1 Å². The smallest absolute Gasteiger partial charge is 0.318 e. The monoisotopic (exact) mass is 351 g/mol. The molecule has 0 unspecified atom stereocenters. The van der Waals surface area contributed by atoms with Crippen LogP contribution in [0, 0.1) is 5.92 Å². The minimum Gasteiger partial charge on any atom is -0.468 e. The summed E-state index contributed by atoms with van der Waals surface area (Å²) in [4.78, 5) is 27.5. The first-order valence-corrected chi connectivity index (χ1v) is 8.82. The van der Waals surface area contributed by atoms with Gasteiger partial charge in [-0.25, -0.2) is 0 Å². The Labute approximate surface area is 152 Å². The Morgan fingerprint density at radius 1 is 1.04 bits per heavy atom. The van der Waals surface area contributed by atoms with Gasteiger partial charge in [-0.05, 0) is 11.1 Å². The molecule has 26 heavy (non-hydrogen) atoms. The van der Waals surface area contributed by atoms with E-state index >= 15 is 0 Å². The molecule has 0 bridgehead atoms. The number of carbonyl (C=O) groups excluding carboxylic acids is 2. The largest absolute Gasteiger partial charge is 0.468 e. The third kappa shape index (κ3) is 2.78. The van der Waals surface area contributed by atoms with Crippen molar-refractivity contribution >= 4 is 11.9 Å². The second kappa shape index (κ2) is 6.92. The predicted octanol–water partition coefficient (Wildman–Crippen LogP) is 2.89. The number of methoxy groups -OCH3 is 1. The minimum absolute atomic E-state index is 0.169. The molecule has 4 atom stereocenters. The maximum Gasteiger partial charge on any atom is 0.318 e. The van der Waals surface area contributed by atoms with Gasteiger partial charge in [0.25, 0.3) is 0 Å². The molecule has 2 saturated heterocycles. The van der Waals surface area contributed by atoms with E-state index in [0.29, 0.717) is 13.0 Å². The van der Waals surface area contributed by atoms with Crippen LogP contribution in [0.15, 0.2) is 60.7 Å². The first-order valence-electron chi connectivity index (χ1n) is 8.82. The maximum absolute atomic E-state index is 13.3. The molecule has 2 aliphatic rings. The van der Waals surface area contributed by atoms with Gasteiger partial charge in [0.15, 0.2) is 0 Å². The summed E-state index contributed by atoms with van der Waals surface area (Å²) in [6.45, 7) is 0.440. The van der Waals surface area contributed by atoms with Crippen LogP contribution in [0.2, 0.25) is 0 Å². The molecule has 5 nitrogen and oxygen atoms in total. The number of hydrogen-bond donors (Lipinski definition) is 0. The van der Waals surface area contributed by atoms with Gasteiger partial charge in [-0.1, -0.05) is 60.7 Å². The number of fused-ring (bicyclic) bond motifs is 1. The molecule has 1 amide bonds. The van der Waals surface area contributed by atoms with Crippen molar-refractivity contribution in [2.45, 2.75) is 24.6 Å². The Bertz CT molecular complexity index is 792. The lowest BCUT2D eigenvalue weighted by Gasteiger charge is -2.40. The van der Waals surface area contributed by atoms with Crippen LogP contribution < -0.4 is 0 Å². The molecule has 2 aromatic rings. The van der Waals surface area contributed by atoms with E-state index in [1.54, 1.807) is 4.90 Å². The van der Waals surface area contributed by atoms with Gasteiger partial charge in [-0.2, -0.15) is 0 Å². The van der Waals surface area contributed by atoms with E-state index in [9.17, 15) is 9.59 Å². The third-order valence-corrected chi connectivity index (χ3v) is 5.34. The lowest BCUT2D eigenvalue weighted by Crippen LogP contribution is -2.51. The Kier molecular flexibility index (Phi) is 4.47. The number of nitrogens with zero attached hydrogens (tertiary/aromatic N) is 1. The molecule has 134 valence electrons. The molecule has 2 aliphatic heterocycles. The molecule has 0 radical (unpaired) electrons. The summed E-state index contributed by atoms with van der Waals surface area (Å²) in [6, 6.07) is 19.3. The molecule has 0 spiro atoms. The Hall–Kier alpha value is -2.66. The number of ether oxygens (including phenoxy) is 2. The molecule has 4 rings (SSSR count). The second-order valence-corrected chi connectivity index (χ2v) is 6.71. The van der Waals surface area contributed by atoms with E-state index in [2.05, 4.69) is 0 Å². The number of rotatable bonds is 3. The fraction of sp³-hybridized carbons (Fsp3) is 0.333. The number of esters is 1. The summed E-state index contributed by atoms with van der Waals surface area (Å²) in [6.07, 6.45) is 0.262. The van der Waals surface area contributed by atoms with Crippen LogP contribution in [0.5, 0.6) is 0 Å². The van der Waals surface area contributed by atoms with Crippen molar-refractivity contribution in [1.82, 2.24) is 4.90 Å². The van der Waals surface area contributed by atoms with E-state index in [1.807, 2.05) is 60.7 Å². The molecule has 2 fully saturated rings. The van der Waals surface area contributed by atoms with Gasteiger partial charge in [0.2, 0.25) is 5.91 Å². The summed E-state index contributed by atoms with van der Waals surface area (Å²) in [7, 11) is 1.33. The van der Waals surface area contributed by atoms with Gasteiger partial charge in [0.05, 0.1) is 19.8 Å². The van der Waals surface area contributed by atoms with Crippen LogP contribution in [0.4, 0.5) is 0 Å². The summed E-state index contributed by atoms with van der Waals surface area (Å²) >= 11 is 0. The van der Waals surface area contributed by atoms with E-state index in [1.165, 1.54) is 7.11 Å². The Morgan fingerprint density at radius 2 is 1.65 bits per heavy atom. The zero-order valence-corrected chi connectivity index (χ0v) is 14.6. The quantitative estimate of drug-likeness (QED) is 0.630. The SMILES string of the molecule is COC(=O)[C@H]1C(=O)N2[C@H](C[C@@H]1c1ccccc1)OC[C@H]2c1ccccc1. The van der Waals surface area contributed by atoms with Gasteiger partial charge >= 0.3 is 5.97 Å². The average molecular weight is 351 g/mol. The van der Waals surface area contributed by atoms with Crippen molar-refractivity contribution in [2.75, 3.05) is 13.7 Å². The Morgan fingerprint density at radius 3 is 2.27 bits per heavy atom. The molecule has 0 aromatic heterocycles. The van der Waals surface area contributed by atoms with Crippen LogP contribution >= 0.6 is 0 Å². The highest BCUT2D eigenvalue weighted by Gasteiger charge is 2.52. The van der Waals surface area contributed by atoms with Crippen LogP contribution in [0.3, 0.4) is 0 Å². The number of amides is 1. The molecule has 0 aliphatic carbocycles. The molecule has 0 saturated carbocycles. The highest BCUT2D eigenvalue weighted by molar-refractivity contribution is 6.00. The zero-order chi connectivity index (χ0) is 18.1. The number of benzene rings is 2. The van der Waals surface area contributed by atoms with Crippen LogP contribution in [-0.2, 0) is 19.1 Å².